The Labute approximate surface area is 84.9 Å². The minimum Gasteiger partial charge on any atom is -0.469 e. The molecular weight excluding hydrogens is 176 g/mol. The van der Waals surface area contributed by atoms with Gasteiger partial charge in [-0.05, 0) is 38.1 Å². The second-order valence-electron chi connectivity index (χ2n) is 4.17. The van der Waals surface area contributed by atoms with Crippen molar-refractivity contribution in [1.82, 2.24) is 4.90 Å². The highest BCUT2D eigenvalue weighted by Gasteiger charge is 2.29. The van der Waals surface area contributed by atoms with Crippen LogP contribution in [0.4, 0.5) is 0 Å². The van der Waals surface area contributed by atoms with Gasteiger partial charge in [0.2, 0.25) is 0 Å². The number of rotatable bonds is 3. The van der Waals surface area contributed by atoms with E-state index in [4.69, 9.17) is 10.2 Å². The Balaban J connectivity index is 2.07. The summed E-state index contributed by atoms with van der Waals surface area (Å²) in [5.41, 5.74) is 5.81. The van der Waals surface area contributed by atoms with Crippen LogP contribution in [0, 0.1) is 5.92 Å². The summed E-state index contributed by atoms with van der Waals surface area (Å²) in [4.78, 5) is 2.36. The highest BCUT2D eigenvalue weighted by Crippen LogP contribution is 2.30. The molecule has 0 spiro atoms. The van der Waals surface area contributed by atoms with Gasteiger partial charge in [-0.1, -0.05) is 0 Å². The van der Waals surface area contributed by atoms with Crippen molar-refractivity contribution in [3.63, 3.8) is 0 Å². The highest BCUT2D eigenvalue weighted by molar-refractivity contribution is 5.08. The van der Waals surface area contributed by atoms with Gasteiger partial charge in [0.05, 0.1) is 6.26 Å². The van der Waals surface area contributed by atoms with Crippen LogP contribution in [0.25, 0.3) is 0 Å². The molecule has 0 aromatic carbocycles. The number of likely N-dealkylation sites (tertiary alicyclic amines) is 1. The molecule has 1 saturated heterocycles. The van der Waals surface area contributed by atoms with Crippen LogP contribution in [0.15, 0.2) is 22.8 Å². The van der Waals surface area contributed by atoms with Crippen molar-refractivity contribution in [1.29, 1.82) is 0 Å². The molecule has 1 aromatic heterocycles. The molecule has 3 heteroatoms. The van der Waals surface area contributed by atoms with Crippen LogP contribution in [0.1, 0.15) is 18.1 Å². The van der Waals surface area contributed by atoms with Crippen molar-refractivity contribution in [2.75, 3.05) is 26.7 Å². The van der Waals surface area contributed by atoms with Crippen molar-refractivity contribution in [3.8, 4) is 0 Å². The molecule has 14 heavy (non-hydrogen) atoms. The molecule has 0 bridgehead atoms. The molecule has 0 aliphatic carbocycles. The Morgan fingerprint density at radius 3 is 3.07 bits per heavy atom. The van der Waals surface area contributed by atoms with Crippen molar-refractivity contribution < 1.29 is 4.42 Å². The minimum absolute atomic E-state index is 0.398. The van der Waals surface area contributed by atoms with Crippen LogP contribution in [0.2, 0.25) is 0 Å². The van der Waals surface area contributed by atoms with E-state index in [2.05, 4.69) is 11.9 Å². The maximum atomic E-state index is 5.81. The SMILES string of the molecule is CN1CCC(C(CN)c2ccco2)C1. The molecule has 2 N–H and O–H groups in total. The van der Waals surface area contributed by atoms with Crippen molar-refractivity contribution in [2.24, 2.45) is 11.7 Å². The van der Waals surface area contributed by atoms with Gasteiger partial charge in [-0.25, -0.2) is 0 Å². The lowest BCUT2D eigenvalue weighted by Crippen LogP contribution is -2.23. The molecule has 1 fully saturated rings. The minimum atomic E-state index is 0.398. The molecule has 0 radical (unpaired) electrons. The molecule has 0 amide bonds. The molecule has 1 aromatic rings. The van der Waals surface area contributed by atoms with Gasteiger partial charge in [0.25, 0.3) is 0 Å². The van der Waals surface area contributed by atoms with E-state index in [9.17, 15) is 0 Å². The van der Waals surface area contributed by atoms with Crippen molar-refractivity contribution >= 4 is 0 Å². The zero-order valence-electron chi connectivity index (χ0n) is 8.65. The number of hydrogen-bond donors (Lipinski definition) is 1. The van der Waals surface area contributed by atoms with E-state index in [-0.39, 0.29) is 0 Å². The topological polar surface area (TPSA) is 42.4 Å². The maximum Gasteiger partial charge on any atom is 0.108 e. The first-order chi connectivity index (χ1) is 6.81. The Hall–Kier alpha value is -0.800. The summed E-state index contributed by atoms with van der Waals surface area (Å²) in [7, 11) is 2.16. The fraction of sp³-hybridized carbons (Fsp3) is 0.636. The van der Waals surface area contributed by atoms with Gasteiger partial charge in [-0.2, -0.15) is 0 Å². The third-order valence-corrected chi connectivity index (χ3v) is 3.16. The Morgan fingerprint density at radius 1 is 1.71 bits per heavy atom. The predicted molar refractivity (Wildman–Crippen MR) is 56.1 cm³/mol. The van der Waals surface area contributed by atoms with Crippen LogP contribution < -0.4 is 5.73 Å². The summed E-state index contributed by atoms with van der Waals surface area (Å²) in [5.74, 6) is 2.11. The average molecular weight is 194 g/mol. The summed E-state index contributed by atoms with van der Waals surface area (Å²) in [6.45, 7) is 3.01. The van der Waals surface area contributed by atoms with Crippen LogP contribution in [0.5, 0.6) is 0 Å². The highest BCUT2D eigenvalue weighted by atomic mass is 16.3. The number of hydrogen-bond acceptors (Lipinski definition) is 3. The Kier molecular flexibility index (Phi) is 2.89. The molecule has 0 saturated carbocycles. The van der Waals surface area contributed by atoms with Crippen molar-refractivity contribution in [2.45, 2.75) is 12.3 Å². The zero-order chi connectivity index (χ0) is 9.97. The first-order valence-corrected chi connectivity index (χ1v) is 5.23. The molecular formula is C11H18N2O. The zero-order valence-corrected chi connectivity index (χ0v) is 8.65. The standard InChI is InChI=1S/C11H18N2O/c1-13-5-4-9(8-13)10(7-12)11-3-2-6-14-11/h2-3,6,9-10H,4-5,7-8,12H2,1H3. The summed E-state index contributed by atoms with van der Waals surface area (Å²) in [6, 6.07) is 3.98. The Bertz CT molecular complexity index is 271. The fourth-order valence-electron chi connectivity index (χ4n) is 2.34. The fourth-order valence-corrected chi connectivity index (χ4v) is 2.34. The molecule has 1 aliphatic heterocycles. The van der Waals surface area contributed by atoms with Crippen LogP contribution in [-0.4, -0.2) is 31.6 Å². The van der Waals surface area contributed by atoms with Gasteiger partial charge >= 0.3 is 0 Å². The number of nitrogens with zero attached hydrogens (tertiary/aromatic N) is 1. The molecule has 2 heterocycles. The van der Waals surface area contributed by atoms with E-state index in [1.165, 1.54) is 13.0 Å². The third-order valence-electron chi connectivity index (χ3n) is 3.16. The van der Waals surface area contributed by atoms with E-state index in [0.717, 1.165) is 12.3 Å². The van der Waals surface area contributed by atoms with Gasteiger partial charge in [0.1, 0.15) is 5.76 Å². The largest absolute Gasteiger partial charge is 0.469 e. The third kappa shape index (κ3) is 1.83. The van der Waals surface area contributed by atoms with Crippen LogP contribution in [-0.2, 0) is 0 Å². The average Bonchev–Trinajstić information content (AvgIpc) is 2.79. The number of nitrogens with two attached hydrogens (primary N) is 1. The maximum absolute atomic E-state index is 5.81. The van der Waals surface area contributed by atoms with Gasteiger partial charge in [0.15, 0.2) is 0 Å². The molecule has 2 rings (SSSR count). The summed E-state index contributed by atoms with van der Waals surface area (Å²) in [5, 5.41) is 0. The van der Waals surface area contributed by atoms with Crippen LogP contribution >= 0.6 is 0 Å². The smallest absolute Gasteiger partial charge is 0.108 e. The second kappa shape index (κ2) is 4.15. The van der Waals surface area contributed by atoms with E-state index in [0.29, 0.717) is 18.4 Å². The van der Waals surface area contributed by atoms with E-state index < -0.39 is 0 Å². The predicted octanol–water partition coefficient (Wildman–Crippen LogP) is 1.27. The molecule has 2 atom stereocenters. The van der Waals surface area contributed by atoms with Crippen LogP contribution in [0.3, 0.4) is 0 Å². The lowest BCUT2D eigenvalue weighted by Gasteiger charge is -2.19. The lowest BCUT2D eigenvalue weighted by atomic mass is 9.89. The van der Waals surface area contributed by atoms with E-state index in [1.54, 1.807) is 6.26 Å². The summed E-state index contributed by atoms with van der Waals surface area (Å²) >= 11 is 0. The van der Waals surface area contributed by atoms with E-state index in [1.807, 2.05) is 12.1 Å². The molecule has 1 aliphatic rings. The first-order valence-electron chi connectivity index (χ1n) is 5.23. The molecule has 3 nitrogen and oxygen atoms in total. The van der Waals surface area contributed by atoms with Gasteiger partial charge in [0, 0.05) is 19.0 Å². The second-order valence-corrected chi connectivity index (χ2v) is 4.17. The summed E-state index contributed by atoms with van der Waals surface area (Å²) in [6.07, 6.45) is 2.97. The first kappa shape index (κ1) is 9.74. The molecule has 2 unspecified atom stereocenters. The monoisotopic (exact) mass is 194 g/mol. The van der Waals surface area contributed by atoms with Crippen molar-refractivity contribution in [3.05, 3.63) is 24.2 Å². The summed E-state index contributed by atoms with van der Waals surface area (Å²) < 4.78 is 5.44. The van der Waals surface area contributed by atoms with Gasteiger partial charge < -0.3 is 15.1 Å². The van der Waals surface area contributed by atoms with E-state index >= 15 is 0 Å². The number of furan rings is 1. The van der Waals surface area contributed by atoms with Gasteiger partial charge in [-0.3, -0.25) is 0 Å². The Morgan fingerprint density at radius 2 is 2.57 bits per heavy atom. The molecule has 78 valence electrons. The lowest BCUT2D eigenvalue weighted by molar-refractivity contribution is 0.342. The van der Waals surface area contributed by atoms with Gasteiger partial charge in [-0.15, -0.1) is 0 Å². The normalized spacial score (nSPS) is 25.4. The quantitative estimate of drug-likeness (QED) is 0.788.